The van der Waals surface area contributed by atoms with E-state index in [1.54, 1.807) is 31.2 Å². The zero-order valence-electron chi connectivity index (χ0n) is 21.3. The Balaban J connectivity index is 1.30. The van der Waals surface area contributed by atoms with Crippen molar-refractivity contribution in [1.82, 2.24) is 10.1 Å². The predicted molar refractivity (Wildman–Crippen MR) is 139 cm³/mol. The summed E-state index contributed by atoms with van der Waals surface area (Å²) >= 11 is -2.04. The van der Waals surface area contributed by atoms with Gasteiger partial charge in [-0.2, -0.15) is 18.2 Å². The number of halogens is 5. The fourth-order valence-corrected chi connectivity index (χ4v) is 4.95. The highest BCUT2D eigenvalue weighted by Gasteiger charge is 2.53. The van der Waals surface area contributed by atoms with Crippen LogP contribution in [0.15, 0.2) is 65.2 Å². The Morgan fingerprint density at radius 1 is 1.07 bits per heavy atom. The lowest BCUT2D eigenvalue weighted by molar-refractivity contribution is -0.137. The molecular weight excluding hydrogens is 569 g/mol. The summed E-state index contributed by atoms with van der Waals surface area (Å²) in [6.45, 7) is 1.59. The van der Waals surface area contributed by atoms with E-state index in [0.717, 1.165) is 24.3 Å². The molecule has 3 aromatic carbocycles. The number of nitrogens with one attached hydrogen (secondary N) is 1. The molecule has 0 aliphatic heterocycles. The summed E-state index contributed by atoms with van der Waals surface area (Å²) in [5.74, 6) is -2.45. The highest BCUT2D eigenvalue weighted by Crippen LogP contribution is 2.54. The van der Waals surface area contributed by atoms with E-state index >= 15 is 8.78 Å². The van der Waals surface area contributed by atoms with Crippen molar-refractivity contribution in [2.24, 2.45) is 0 Å². The lowest BCUT2D eigenvalue weighted by Gasteiger charge is -2.15. The molecule has 0 radical (unpaired) electrons. The van der Waals surface area contributed by atoms with E-state index in [4.69, 9.17) is 4.52 Å². The van der Waals surface area contributed by atoms with Gasteiger partial charge in [0.15, 0.2) is 16.9 Å². The highest BCUT2D eigenvalue weighted by molar-refractivity contribution is 7.79. The molecule has 0 saturated heterocycles. The van der Waals surface area contributed by atoms with E-state index in [-0.39, 0.29) is 35.0 Å². The molecule has 2 atom stereocenters. The van der Waals surface area contributed by atoms with Crippen LogP contribution in [0, 0.1) is 11.6 Å². The number of hydrogen-bond acceptors (Lipinski definition) is 5. The van der Waals surface area contributed by atoms with Crippen LogP contribution >= 0.6 is 0 Å². The summed E-state index contributed by atoms with van der Waals surface area (Å²) in [5.41, 5.74) is -0.999. The molecule has 4 aromatic rings. The van der Waals surface area contributed by atoms with Crippen molar-refractivity contribution in [3.05, 3.63) is 100 Å². The van der Waals surface area contributed by atoms with E-state index in [1.807, 2.05) is 0 Å². The standard InChI is InChI=1S/C28H22F5N3O4S/c1-15(41(38)39)17-4-2-16(3-5-17)12-23(37)34-20-13-21(29)24(22(30)14-20)27(10-11-27)26-35-25(40-36-26)18-6-8-19(9-7-18)28(31,32)33/h2-9,13-15H,10-12H2,1H3,(H,34,37)(H,38,39). The maximum Gasteiger partial charge on any atom is 0.416 e. The Morgan fingerprint density at radius 2 is 1.68 bits per heavy atom. The van der Waals surface area contributed by atoms with Crippen molar-refractivity contribution < 1.29 is 40.0 Å². The maximum absolute atomic E-state index is 15.3. The Kier molecular flexibility index (Phi) is 7.51. The highest BCUT2D eigenvalue weighted by atomic mass is 32.2. The molecule has 1 aliphatic rings. The number of aromatic nitrogens is 2. The van der Waals surface area contributed by atoms with Crippen LogP contribution in [0.5, 0.6) is 0 Å². The summed E-state index contributed by atoms with van der Waals surface area (Å²) < 4.78 is 94.7. The minimum Gasteiger partial charge on any atom is -0.334 e. The maximum atomic E-state index is 15.3. The number of anilines is 1. The van der Waals surface area contributed by atoms with E-state index in [2.05, 4.69) is 15.5 Å². The molecule has 1 fully saturated rings. The molecule has 1 aromatic heterocycles. The number of alkyl halides is 3. The molecule has 1 heterocycles. The monoisotopic (exact) mass is 591 g/mol. The zero-order valence-corrected chi connectivity index (χ0v) is 22.2. The number of amides is 1. The minimum absolute atomic E-state index is 0.00443. The smallest absolute Gasteiger partial charge is 0.334 e. The lowest BCUT2D eigenvalue weighted by Crippen LogP contribution is -2.18. The minimum atomic E-state index is -4.51. The molecule has 0 bridgehead atoms. The largest absolute Gasteiger partial charge is 0.416 e. The number of hydrogen-bond donors (Lipinski definition) is 2. The third-order valence-electron chi connectivity index (χ3n) is 6.98. The molecule has 13 heteroatoms. The van der Waals surface area contributed by atoms with Gasteiger partial charge in [-0.05, 0) is 67.3 Å². The van der Waals surface area contributed by atoms with Crippen molar-refractivity contribution >= 4 is 22.7 Å². The fraction of sp³-hybridized carbons (Fsp3) is 0.250. The third kappa shape index (κ3) is 5.91. The first-order valence-corrected chi connectivity index (χ1v) is 13.5. The van der Waals surface area contributed by atoms with Crippen molar-refractivity contribution in [1.29, 1.82) is 0 Å². The summed E-state index contributed by atoms with van der Waals surface area (Å²) in [4.78, 5) is 16.7. The van der Waals surface area contributed by atoms with Crippen molar-refractivity contribution in [2.75, 3.05) is 5.32 Å². The average molecular weight is 592 g/mol. The van der Waals surface area contributed by atoms with E-state index in [1.165, 1.54) is 12.1 Å². The number of carbonyl (C=O) groups is 1. The average Bonchev–Trinajstić information content (AvgIpc) is 3.53. The zero-order chi connectivity index (χ0) is 29.5. The number of nitrogens with zero attached hydrogens (tertiary/aromatic N) is 2. The molecule has 1 saturated carbocycles. The first-order valence-electron chi connectivity index (χ1n) is 12.4. The summed E-state index contributed by atoms with van der Waals surface area (Å²) in [5, 5.41) is 5.73. The molecule has 7 nitrogen and oxygen atoms in total. The number of rotatable bonds is 8. The second-order valence-corrected chi connectivity index (χ2v) is 11.0. The quantitative estimate of drug-likeness (QED) is 0.177. The van der Waals surface area contributed by atoms with Gasteiger partial charge in [-0.1, -0.05) is 29.4 Å². The first kappa shape index (κ1) is 28.6. The van der Waals surface area contributed by atoms with Gasteiger partial charge in [0, 0.05) is 16.8 Å². The van der Waals surface area contributed by atoms with Crippen molar-refractivity contribution in [3.8, 4) is 11.5 Å². The number of benzene rings is 3. The molecular formula is C28H22F5N3O4S. The Labute approximate surface area is 233 Å². The van der Waals surface area contributed by atoms with Gasteiger partial charge >= 0.3 is 6.18 Å². The van der Waals surface area contributed by atoms with Crippen molar-refractivity contribution in [3.63, 3.8) is 0 Å². The van der Waals surface area contributed by atoms with Crippen LogP contribution in [0.1, 0.15) is 53.1 Å². The Hall–Kier alpha value is -3.97. The molecule has 0 spiro atoms. The molecule has 2 N–H and O–H groups in total. The van der Waals surface area contributed by atoms with Crippen LogP contribution in [0.2, 0.25) is 0 Å². The topological polar surface area (TPSA) is 105 Å². The normalized spacial score (nSPS) is 15.8. The second kappa shape index (κ2) is 10.8. The fourth-order valence-electron chi connectivity index (χ4n) is 4.56. The van der Waals surface area contributed by atoms with Gasteiger partial charge in [0.25, 0.3) is 5.89 Å². The van der Waals surface area contributed by atoms with Crippen LogP contribution in [0.3, 0.4) is 0 Å². The summed E-state index contributed by atoms with van der Waals surface area (Å²) in [6.07, 6.45) is -3.97. The van der Waals surface area contributed by atoms with Gasteiger partial charge in [-0.3, -0.25) is 4.79 Å². The van der Waals surface area contributed by atoms with Crippen LogP contribution in [0.25, 0.3) is 11.5 Å². The number of carbonyl (C=O) groups excluding carboxylic acids is 1. The van der Waals surface area contributed by atoms with Gasteiger partial charge in [0.05, 0.1) is 22.6 Å². The van der Waals surface area contributed by atoms with Crippen LogP contribution < -0.4 is 5.32 Å². The van der Waals surface area contributed by atoms with E-state index < -0.39 is 51.0 Å². The van der Waals surface area contributed by atoms with Crippen LogP contribution in [0.4, 0.5) is 27.6 Å². The SMILES string of the molecule is CC(c1ccc(CC(=O)Nc2cc(F)c(C3(c4noc(-c5ccc(C(F)(F)F)cc5)n4)CC3)c(F)c2)cc1)S(=O)O. The first-order chi connectivity index (χ1) is 19.4. The van der Waals surface area contributed by atoms with Crippen LogP contribution in [-0.2, 0) is 33.9 Å². The van der Waals surface area contributed by atoms with Crippen LogP contribution in [-0.4, -0.2) is 24.8 Å². The molecule has 1 aliphatic carbocycles. The van der Waals surface area contributed by atoms with Crippen molar-refractivity contribution in [2.45, 2.75) is 43.0 Å². The van der Waals surface area contributed by atoms with Gasteiger partial charge in [0.2, 0.25) is 5.91 Å². The second-order valence-electron chi connectivity index (χ2n) is 9.78. The molecule has 2 unspecified atom stereocenters. The molecule has 214 valence electrons. The van der Waals surface area contributed by atoms with Gasteiger partial charge < -0.3 is 14.4 Å². The van der Waals surface area contributed by atoms with Gasteiger partial charge in [0.1, 0.15) is 11.6 Å². The summed E-state index contributed by atoms with van der Waals surface area (Å²) in [7, 11) is 0. The molecule has 1 amide bonds. The lowest BCUT2D eigenvalue weighted by atomic mass is 9.93. The Bertz CT molecular complexity index is 1590. The summed E-state index contributed by atoms with van der Waals surface area (Å²) in [6, 6.07) is 12.6. The Morgan fingerprint density at radius 3 is 2.22 bits per heavy atom. The third-order valence-corrected chi connectivity index (χ3v) is 7.86. The van der Waals surface area contributed by atoms with Gasteiger partial charge in [-0.15, -0.1) is 0 Å². The van der Waals surface area contributed by atoms with E-state index in [9.17, 15) is 26.7 Å². The predicted octanol–water partition coefficient (Wildman–Crippen LogP) is 6.58. The molecule has 41 heavy (non-hydrogen) atoms. The van der Waals surface area contributed by atoms with E-state index in [0.29, 0.717) is 24.0 Å². The molecule has 5 rings (SSSR count). The van der Waals surface area contributed by atoms with Gasteiger partial charge in [-0.25, -0.2) is 13.0 Å².